The van der Waals surface area contributed by atoms with Crippen LogP contribution in [0, 0.1) is 46.3 Å². The number of rotatable bonds is 13. The minimum absolute atomic E-state index is 0.0481. The number of allylic oxidation sites excluding steroid dienone is 1. The maximum Gasteiger partial charge on any atom is 0.314 e. The van der Waals surface area contributed by atoms with Crippen molar-refractivity contribution in [2.45, 2.75) is 167 Å². The molecule has 17 atom stereocenters. The predicted octanol–water partition coefficient (Wildman–Crippen LogP) is 3.31. The van der Waals surface area contributed by atoms with Gasteiger partial charge in [0.05, 0.1) is 24.7 Å². The zero-order valence-corrected chi connectivity index (χ0v) is 32.0. The van der Waals surface area contributed by atoms with E-state index in [1.165, 1.54) is 25.7 Å². The minimum Gasteiger partial charge on any atom is -0.481 e. The van der Waals surface area contributed by atoms with Crippen LogP contribution in [0.5, 0.6) is 0 Å². The van der Waals surface area contributed by atoms with Crippen molar-refractivity contribution < 1.29 is 63.9 Å². The third-order valence-electron chi connectivity index (χ3n) is 14.4. The molecule has 6 N–H and O–H groups in total. The molecule has 0 radical (unpaired) electrons. The molecule has 0 spiro atoms. The van der Waals surface area contributed by atoms with Gasteiger partial charge in [-0.05, 0) is 92.3 Å². The Balaban J connectivity index is 1.15. The fourth-order valence-corrected chi connectivity index (χ4v) is 11.8. The lowest BCUT2D eigenvalue weighted by atomic mass is 9.46. The van der Waals surface area contributed by atoms with Crippen LogP contribution in [0.3, 0.4) is 0 Å². The highest BCUT2D eigenvalue weighted by Crippen LogP contribution is 2.67. The number of aliphatic hydroxyl groups is 5. The Kier molecular flexibility index (Phi) is 12.7. The van der Waals surface area contributed by atoms with E-state index in [0.29, 0.717) is 48.9 Å². The van der Waals surface area contributed by atoms with Crippen LogP contribution in [0.25, 0.3) is 0 Å². The lowest BCUT2D eigenvalue weighted by molar-refractivity contribution is -0.338. The molecule has 13 heteroatoms. The van der Waals surface area contributed by atoms with Crippen molar-refractivity contribution in [3.8, 4) is 0 Å². The maximum atomic E-state index is 13.4. The SMILES string of the molecule is CC(=O)OC1C(OC2C(O)C(CO)OC(OC3CCC4(C(=O)O)C(=CCC5C4CCC4(C)C(C(C)CCCC(C)C)CCC54)C3)C2O)OC(CO)C1O. The van der Waals surface area contributed by atoms with Crippen molar-refractivity contribution in [2.24, 2.45) is 46.3 Å². The molecule has 6 rings (SSSR count). The Morgan fingerprint density at radius 1 is 0.868 bits per heavy atom. The number of fused-ring (bicyclic) bond motifs is 5. The molecule has 2 heterocycles. The highest BCUT2D eigenvalue weighted by Gasteiger charge is 2.63. The highest BCUT2D eigenvalue weighted by molar-refractivity contribution is 5.80. The molecule has 13 nitrogen and oxygen atoms in total. The van der Waals surface area contributed by atoms with Crippen molar-refractivity contribution in [2.75, 3.05) is 13.2 Å². The molecule has 2 saturated heterocycles. The molecule has 0 aromatic carbocycles. The summed E-state index contributed by atoms with van der Waals surface area (Å²) in [6.07, 6.45) is -0.813. The molecule has 0 aromatic heterocycles. The van der Waals surface area contributed by atoms with Gasteiger partial charge in [0, 0.05) is 6.92 Å². The first-order valence-electron chi connectivity index (χ1n) is 20.1. The quantitative estimate of drug-likeness (QED) is 0.118. The van der Waals surface area contributed by atoms with Crippen LogP contribution in [-0.4, -0.2) is 117 Å². The van der Waals surface area contributed by atoms with Gasteiger partial charge >= 0.3 is 11.9 Å². The predicted molar refractivity (Wildman–Crippen MR) is 190 cm³/mol. The number of esters is 1. The topological polar surface area (TPSA) is 202 Å². The van der Waals surface area contributed by atoms with Gasteiger partial charge in [-0.1, -0.05) is 58.6 Å². The summed E-state index contributed by atoms with van der Waals surface area (Å²) in [6.45, 7) is 9.41. The van der Waals surface area contributed by atoms with Crippen LogP contribution in [-0.2, 0) is 33.3 Å². The number of carbonyl (C=O) groups is 2. The summed E-state index contributed by atoms with van der Waals surface area (Å²) < 4.78 is 28.8. The Morgan fingerprint density at radius 2 is 1.55 bits per heavy atom. The second-order valence-electron chi connectivity index (χ2n) is 17.7. The van der Waals surface area contributed by atoms with E-state index in [4.69, 9.17) is 23.7 Å². The van der Waals surface area contributed by atoms with E-state index < -0.39 is 92.0 Å². The van der Waals surface area contributed by atoms with E-state index in [9.17, 15) is 40.2 Å². The fraction of sp³-hybridized carbons (Fsp3) is 0.900. The van der Waals surface area contributed by atoms with E-state index in [1.807, 2.05) is 0 Å². The number of carboxylic acid groups (broad SMARTS) is 1. The number of aliphatic carboxylic acids is 1. The molecule has 17 unspecified atom stereocenters. The molecule has 53 heavy (non-hydrogen) atoms. The Bertz CT molecular complexity index is 1320. The average molecular weight is 753 g/mol. The van der Waals surface area contributed by atoms with Crippen LogP contribution < -0.4 is 0 Å². The van der Waals surface area contributed by atoms with Crippen LogP contribution in [0.15, 0.2) is 11.6 Å². The van der Waals surface area contributed by atoms with E-state index >= 15 is 0 Å². The number of hydrogen-bond acceptors (Lipinski definition) is 12. The molecule has 302 valence electrons. The van der Waals surface area contributed by atoms with Gasteiger partial charge in [0.1, 0.15) is 36.6 Å². The van der Waals surface area contributed by atoms with Gasteiger partial charge in [-0.25, -0.2) is 0 Å². The summed E-state index contributed by atoms with van der Waals surface area (Å²) >= 11 is 0. The number of hydrogen-bond donors (Lipinski definition) is 6. The summed E-state index contributed by atoms with van der Waals surface area (Å²) in [5.74, 6) is 1.41. The second kappa shape index (κ2) is 16.4. The normalized spacial score (nSPS) is 45.9. The molecular weight excluding hydrogens is 688 g/mol. The third kappa shape index (κ3) is 7.60. The molecule has 0 aromatic rings. The first-order valence-corrected chi connectivity index (χ1v) is 20.1. The maximum absolute atomic E-state index is 13.4. The summed E-state index contributed by atoms with van der Waals surface area (Å²) in [5, 5.41) is 63.7. The van der Waals surface area contributed by atoms with Gasteiger partial charge < -0.3 is 54.3 Å². The van der Waals surface area contributed by atoms with Crippen LogP contribution in [0.1, 0.15) is 105 Å². The second-order valence-corrected chi connectivity index (χ2v) is 17.7. The Morgan fingerprint density at radius 3 is 2.19 bits per heavy atom. The van der Waals surface area contributed by atoms with Crippen LogP contribution in [0.4, 0.5) is 0 Å². The number of ether oxygens (including phenoxy) is 5. The Labute approximate surface area is 313 Å². The Hall–Kier alpha value is -1.68. The summed E-state index contributed by atoms with van der Waals surface area (Å²) in [7, 11) is 0. The molecule has 0 amide bonds. The average Bonchev–Trinajstić information content (AvgIpc) is 3.62. The lowest BCUT2D eigenvalue weighted by Gasteiger charge is -2.58. The number of aliphatic hydroxyl groups excluding tert-OH is 5. The highest BCUT2D eigenvalue weighted by atomic mass is 16.7. The molecule has 3 saturated carbocycles. The summed E-state index contributed by atoms with van der Waals surface area (Å²) in [4.78, 5) is 25.2. The van der Waals surface area contributed by atoms with Gasteiger partial charge in [-0.3, -0.25) is 9.59 Å². The van der Waals surface area contributed by atoms with Gasteiger partial charge in [-0.15, -0.1) is 0 Å². The van der Waals surface area contributed by atoms with Crippen molar-refractivity contribution in [3.05, 3.63) is 11.6 Å². The lowest BCUT2D eigenvalue weighted by Crippen LogP contribution is -2.62. The fourth-order valence-electron chi connectivity index (χ4n) is 11.8. The molecule has 5 fully saturated rings. The van der Waals surface area contributed by atoms with Crippen molar-refractivity contribution in [1.29, 1.82) is 0 Å². The minimum atomic E-state index is -1.60. The first-order chi connectivity index (χ1) is 25.2. The largest absolute Gasteiger partial charge is 0.481 e. The zero-order chi connectivity index (χ0) is 38.4. The van der Waals surface area contributed by atoms with E-state index in [1.54, 1.807) is 0 Å². The van der Waals surface area contributed by atoms with Gasteiger partial charge in [-0.2, -0.15) is 0 Å². The van der Waals surface area contributed by atoms with Crippen molar-refractivity contribution in [1.82, 2.24) is 0 Å². The van der Waals surface area contributed by atoms with Gasteiger partial charge in [0.25, 0.3) is 0 Å². The van der Waals surface area contributed by atoms with Crippen molar-refractivity contribution in [3.63, 3.8) is 0 Å². The van der Waals surface area contributed by atoms with Crippen LogP contribution >= 0.6 is 0 Å². The molecule has 2 aliphatic heterocycles. The molecule has 6 aliphatic rings. The molecule has 0 bridgehead atoms. The standard InChI is InChI=1S/C40H64O13/c1-20(2)7-6-8-21(3)26-11-12-27-25-10-9-23-17-24(13-16-40(23,38(47)48)28(25)14-15-39(26,27)5)50-36-33(46)34(31(44)29(18-41)51-36)53-37-35(49-22(4)43)32(45)30(19-42)52-37/h9,20-21,24-37,41-42,44-46H,6-8,10-19H2,1-5H3,(H,47,48). The van der Waals surface area contributed by atoms with Crippen LogP contribution in [0.2, 0.25) is 0 Å². The van der Waals surface area contributed by atoms with Gasteiger partial charge in [0.2, 0.25) is 0 Å². The van der Waals surface area contributed by atoms with Gasteiger partial charge in [0.15, 0.2) is 18.7 Å². The molecule has 4 aliphatic carbocycles. The van der Waals surface area contributed by atoms with E-state index in [0.717, 1.165) is 38.2 Å². The summed E-state index contributed by atoms with van der Waals surface area (Å²) in [6, 6.07) is 0. The van der Waals surface area contributed by atoms with E-state index in [2.05, 4.69) is 33.8 Å². The zero-order valence-electron chi connectivity index (χ0n) is 32.0. The first kappa shape index (κ1) is 41.0. The molecular formula is C40H64O13. The smallest absolute Gasteiger partial charge is 0.314 e. The summed E-state index contributed by atoms with van der Waals surface area (Å²) in [5.41, 5.74) is 0.123. The monoisotopic (exact) mass is 752 g/mol. The van der Waals surface area contributed by atoms with Crippen molar-refractivity contribution >= 4 is 11.9 Å². The number of carbonyl (C=O) groups excluding carboxylic acids is 1. The van der Waals surface area contributed by atoms with E-state index in [-0.39, 0.29) is 11.3 Å². The third-order valence-corrected chi connectivity index (χ3v) is 14.4. The number of carboxylic acids is 1.